The quantitative estimate of drug-likeness (QED) is 0.402. The molecule has 0 radical (unpaired) electrons. The minimum atomic E-state index is -0.654. The summed E-state index contributed by atoms with van der Waals surface area (Å²) in [6.07, 6.45) is 6.68. The minimum Gasteiger partial charge on any atom is -0.485 e. The van der Waals surface area contributed by atoms with Gasteiger partial charge in [0.25, 0.3) is 0 Å². The number of amides is 1. The number of rotatable bonds is 5. The van der Waals surface area contributed by atoms with Gasteiger partial charge in [0.05, 0.1) is 23.0 Å². The largest absolute Gasteiger partial charge is 0.485 e. The number of benzene rings is 2. The zero-order valence-corrected chi connectivity index (χ0v) is 19.1. The summed E-state index contributed by atoms with van der Waals surface area (Å²) in [5, 5.41) is 0.821. The Bertz CT molecular complexity index is 1090. The Morgan fingerprint density at radius 3 is 2.60 bits per heavy atom. The van der Waals surface area contributed by atoms with Crippen LogP contribution in [0.15, 0.2) is 51.6 Å². The van der Waals surface area contributed by atoms with Gasteiger partial charge in [-0.1, -0.05) is 36.3 Å². The molecule has 5 nitrogen and oxygen atoms in total. The standard InChI is InChI=1S/C24H24BrNO4/c1-6-12-26(23(27)30-24(3,4)5)18-13-19(28-15-17-10-8-7-9-11-17)22-20(21(18)25)16(2)14-29-22/h1,7-11,13-14H,12,15H2,2-5H3. The Labute approximate surface area is 185 Å². The van der Waals surface area contributed by atoms with E-state index in [4.69, 9.17) is 20.3 Å². The summed E-state index contributed by atoms with van der Waals surface area (Å²) in [6.45, 7) is 7.77. The summed E-state index contributed by atoms with van der Waals surface area (Å²) in [7, 11) is 0. The topological polar surface area (TPSA) is 51.9 Å². The van der Waals surface area contributed by atoms with Crippen LogP contribution >= 0.6 is 15.9 Å². The van der Waals surface area contributed by atoms with Gasteiger partial charge in [-0.15, -0.1) is 6.42 Å². The molecule has 1 heterocycles. The second kappa shape index (κ2) is 8.85. The summed E-state index contributed by atoms with van der Waals surface area (Å²) in [5.74, 6) is 3.05. The average Bonchev–Trinajstić information content (AvgIpc) is 3.08. The second-order valence-corrected chi connectivity index (χ2v) is 8.67. The van der Waals surface area contributed by atoms with Gasteiger partial charge in [0.1, 0.15) is 12.2 Å². The average molecular weight is 470 g/mol. The second-order valence-electron chi connectivity index (χ2n) is 7.88. The van der Waals surface area contributed by atoms with E-state index in [9.17, 15) is 4.79 Å². The number of fused-ring (bicyclic) bond motifs is 1. The van der Waals surface area contributed by atoms with Gasteiger partial charge in [0, 0.05) is 11.5 Å². The van der Waals surface area contributed by atoms with Crippen molar-refractivity contribution in [2.45, 2.75) is 39.9 Å². The highest BCUT2D eigenvalue weighted by molar-refractivity contribution is 9.10. The molecule has 3 aromatic rings. The van der Waals surface area contributed by atoms with E-state index in [-0.39, 0.29) is 6.54 Å². The minimum absolute atomic E-state index is 0.0496. The van der Waals surface area contributed by atoms with Crippen LogP contribution in [0.25, 0.3) is 11.0 Å². The maximum absolute atomic E-state index is 12.9. The molecule has 0 spiro atoms. The van der Waals surface area contributed by atoms with Gasteiger partial charge in [-0.05, 0) is 54.8 Å². The van der Waals surface area contributed by atoms with Gasteiger partial charge in [0.15, 0.2) is 11.3 Å². The van der Waals surface area contributed by atoms with Crippen LogP contribution in [0.5, 0.6) is 5.75 Å². The molecule has 0 aliphatic carbocycles. The SMILES string of the molecule is C#CCN(C(=O)OC(C)(C)C)c1cc(OCc2ccccc2)c2occ(C)c2c1Br. The Hall–Kier alpha value is -2.91. The first-order valence-corrected chi connectivity index (χ1v) is 10.3. The van der Waals surface area contributed by atoms with Gasteiger partial charge < -0.3 is 13.9 Å². The van der Waals surface area contributed by atoms with E-state index in [1.54, 1.807) is 12.3 Å². The first-order valence-electron chi connectivity index (χ1n) is 9.52. The normalized spacial score (nSPS) is 11.2. The lowest BCUT2D eigenvalue weighted by Crippen LogP contribution is -2.37. The number of carbonyl (C=O) groups excluding carboxylic acids is 1. The number of anilines is 1. The molecule has 6 heteroatoms. The van der Waals surface area contributed by atoms with Crippen molar-refractivity contribution in [3.05, 3.63) is 58.3 Å². The molecule has 0 saturated carbocycles. The summed E-state index contributed by atoms with van der Waals surface area (Å²) in [6, 6.07) is 11.6. The van der Waals surface area contributed by atoms with Crippen LogP contribution in [-0.2, 0) is 11.3 Å². The third kappa shape index (κ3) is 4.80. The molecular weight excluding hydrogens is 446 g/mol. The molecule has 1 aromatic heterocycles. The van der Waals surface area contributed by atoms with Gasteiger partial charge in [-0.25, -0.2) is 4.79 Å². The van der Waals surface area contributed by atoms with Crippen LogP contribution in [0.3, 0.4) is 0 Å². The van der Waals surface area contributed by atoms with E-state index in [1.807, 2.05) is 58.0 Å². The van der Waals surface area contributed by atoms with E-state index in [0.29, 0.717) is 28.1 Å². The predicted molar refractivity (Wildman–Crippen MR) is 122 cm³/mol. The van der Waals surface area contributed by atoms with E-state index in [0.717, 1.165) is 16.5 Å². The van der Waals surface area contributed by atoms with Crippen LogP contribution in [0.4, 0.5) is 10.5 Å². The van der Waals surface area contributed by atoms with Crippen molar-refractivity contribution in [1.29, 1.82) is 0 Å². The number of ether oxygens (including phenoxy) is 2. The summed E-state index contributed by atoms with van der Waals surface area (Å²) >= 11 is 3.63. The van der Waals surface area contributed by atoms with Crippen molar-refractivity contribution in [2.75, 3.05) is 11.4 Å². The lowest BCUT2D eigenvalue weighted by Gasteiger charge is -2.27. The fourth-order valence-corrected chi connectivity index (χ4v) is 3.80. The summed E-state index contributed by atoms with van der Waals surface area (Å²) in [4.78, 5) is 14.3. The van der Waals surface area contributed by atoms with Crippen molar-refractivity contribution < 1.29 is 18.7 Å². The molecular formula is C24H24BrNO4. The third-order valence-corrected chi connectivity index (χ3v) is 5.10. The molecule has 0 aliphatic rings. The van der Waals surface area contributed by atoms with E-state index >= 15 is 0 Å². The monoisotopic (exact) mass is 469 g/mol. The molecule has 0 bridgehead atoms. The number of nitrogens with zero attached hydrogens (tertiary/aromatic N) is 1. The van der Waals surface area contributed by atoms with Gasteiger partial charge in [-0.2, -0.15) is 0 Å². The first-order chi connectivity index (χ1) is 14.2. The maximum Gasteiger partial charge on any atom is 0.415 e. The van der Waals surface area contributed by atoms with E-state index in [1.165, 1.54) is 4.90 Å². The molecule has 0 atom stereocenters. The molecule has 1 amide bonds. The number of furan rings is 1. The number of hydrogen-bond acceptors (Lipinski definition) is 4. The molecule has 0 N–H and O–H groups in total. The first kappa shape index (κ1) is 21.8. The molecule has 30 heavy (non-hydrogen) atoms. The number of aryl methyl sites for hydroxylation is 1. The van der Waals surface area contributed by atoms with Gasteiger partial charge in [-0.3, -0.25) is 4.90 Å². The Morgan fingerprint density at radius 1 is 1.27 bits per heavy atom. The number of halogens is 1. The van der Waals surface area contributed by atoms with Crippen LogP contribution in [0.2, 0.25) is 0 Å². The van der Waals surface area contributed by atoms with Crippen molar-refractivity contribution >= 4 is 38.7 Å². The summed E-state index contributed by atoms with van der Waals surface area (Å²) in [5.41, 5.74) is 2.43. The highest BCUT2D eigenvalue weighted by atomic mass is 79.9. The lowest BCUT2D eigenvalue weighted by atomic mass is 10.1. The van der Waals surface area contributed by atoms with Crippen molar-refractivity contribution in [1.82, 2.24) is 0 Å². The Balaban J connectivity index is 2.06. The maximum atomic E-state index is 12.9. The number of hydrogen-bond donors (Lipinski definition) is 0. The molecule has 3 rings (SSSR count). The van der Waals surface area contributed by atoms with Crippen LogP contribution in [0.1, 0.15) is 31.9 Å². The number of carbonyl (C=O) groups is 1. The molecule has 0 saturated heterocycles. The third-order valence-electron chi connectivity index (χ3n) is 4.30. The van der Waals surface area contributed by atoms with Crippen molar-refractivity contribution in [3.8, 4) is 18.1 Å². The fourth-order valence-electron chi connectivity index (χ4n) is 2.97. The molecule has 0 aliphatic heterocycles. The highest BCUT2D eigenvalue weighted by Crippen LogP contribution is 2.42. The van der Waals surface area contributed by atoms with E-state index in [2.05, 4.69) is 21.9 Å². The van der Waals surface area contributed by atoms with Crippen molar-refractivity contribution in [2.24, 2.45) is 0 Å². The zero-order chi connectivity index (χ0) is 21.9. The molecule has 2 aromatic carbocycles. The smallest absolute Gasteiger partial charge is 0.415 e. The van der Waals surface area contributed by atoms with Gasteiger partial charge in [0.2, 0.25) is 0 Å². The van der Waals surface area contributed by atoms with Crippen LogP contribution in [-0.4, -0.2) is 18.2 Å². The number of terminal acetylenes is 1. The molecule has 0 unspecified atom stereocenters. The molecule has 156 valence electrons. The zero-order valence-electron chi connectivity index (χ0n) is 17.5. The van der Waals surface area contributed by atoms with Crippen molar-refractivity contribution in [3.63, 3.8) is 0 Å². The van der Waals surface area contributed by atoms with Gasteiger partial charge >= 0.3 is 6.09 Å². The molecule has 0 fully saturated rings. The van der Waals surface area contributed by atoms with Crippen LogP contribution in [0, 0.1) is 19.3 Å². The fraction of sp³-hybridized carbons (Fsp3) is 0.292. The van der Waals surface area contributed by atoms with E-state index < -0.39 is 11.7 Å². The van der Waals surface area contributed by atoms with Crippen LogP contribution < -0.4 is 9.64 Å². The predicted octanol–water partition coefficient (Wildman–Crippen LogP) is 6.46. The highest BCUT2D eigenvalue weighted by Gasteiger charge is 2.27. The summed E-state index contributed by atoms with van der Waals surface area (Å²) < 4.78 is 18.1. The lowest BCUT2D eigenvalue weighted by molar-refractivity contribution is 0.0585. The Morgan fingerprint density at radius 2 is 1.97 bits per heavy atom. The Kier molecular flexibility index (Phi) is 6.42.